The van der Waals surface area contributed by atoms with Crippen molar-refractivity contribution in [3.8, 4) is 0 Å². The lowest BCUT2D eigenvalue weighted by molar-refractivity contribution is -0.137. The molecule has 1 aliphatic heterocycles. The molecule has 10 heteroatoms. The number of nitrogens with one attached hydrogen (secondary N) is 1. The van der Waals surface area contributed by atoms with Crippen molar-refractivity contribution in [3.05, 3.63) is 47.7 Å². The molecule has 5 rings (SSSR count). The van der Waals surface area contributed by atoms with Crippen molar-refractivity contribution in [2.45, 2.75) is 30.6 Å². The fourth-order valence-corrected chi connectivity index (χ4v) is 4.58. The van der Waals surface area contributed by atoms with Crippen LogP contribution in [-0.4, -0.2) is 51.3 Å². The van der Waals surface area contributed by atoms with Crippen LogP contribution in [0.4, 0.5) is 24.9 Å². The molecule has 2 fully saturated rings. The Hall–Kier alpha value is -3.14. The lowest BCUT2D eigenvalue weighted by Crippen LogP contribution is -2.56. The number of hydrogen-bond acceptors (Lipinski definition) is 6. The summed E-state index contributed by atoms with van der Waals surface area (Å²) in [6.07, 6.45) is 0.0297. The summed E-state index contributed by atoms with van der Waals surface area (Å²) in [4.78, 5) is 28.0. The average Bonchev–Trinajstić information content (AvgIpc) is 3.33. The molecular formula is C21H21F3N6O. The second-order valence-corrected chi connectivity index (χ2v) is 8.19. The normalized spacial score (nSPS) is 19.6. The number of nitrogen functional groups attached to an aromatic ring is 1. The number of nitrogens with zero attached hydrogens (tertiary/aromatic N) is 4. The van der Waals surface area contributed by atoms with Gasteiger partial charge in [0, 0.05) is 31.4 Å². The molecule has 1 saturated carbocycles. The van der Waals surface area contributed by atoms with E-state index in [0.29, 0.717) is 30.8 Å². The fourth-order valence-electron chi connectivity index (χ4n) is 4.58. The number of rotatable bonds is 4. The number of benzene rings is 1. The standard InChI is InChI=1S/C21H21F3N6O/c22-21(23,24)14-3-1-13(2-4-14)16(11-31)30-10-9-29(12-20(30)6-7-20)18-15-5-8-26-17(15)27-19(25)28-18/h1-5,8,11,16H,6-7,9-10,12H2,(H3,25,26,27,28). The molecule has 1 saturated heterocycles. The number of H-pyrrole nitrogens is 1. The Labute approximate surface area is 176 Å². The van der Waals surface area contributed by atoms with E-state index in [4.69, 9.17) is 5.73 Å². The number of carbonyl (C=O) groups is 1. The molecule has 3 heterocycles. The third-order valence-corrected chi connectivity index (χ3v) is 6.29. The highest BCUT2D eigenvalue weighted by molar-refractivity contribution is 5.88. The smallest absolute Gasteiger partial charge is 0.368 e. The Morgan fingerprint density at radius 2 is 1.87 bits per heavy atom. The number of nitrogens with two attached hydrogens (primary N) is 1. The van der Waals surface area contributed by atoms with Crippen LogP contribution in [0.15, 0.2) is 36.5 Å². The van der Waals surface area contributed by atoms with Crippen molar-refractivity contribution in [3.63, 3.8) is 0 Å². The second-order valence-electron chi connectivity index (χ2n) is 8.19. The van der Waals surface area contributed by atoms with Crippen molar-refractivity contribution >= 4 is 29.1 Å². The van der Waals surface area contributed by atoms with Gasteiger partial charge >= 0.3 is 6.18 Å². The van der Waals surface area contributed by atoms with Crippen LogP contribution >= 0.6 is 0 Å². The third-order valence-electron chi connectivity index (χ3n) is 6.29. The number of halogens is 3. The van der Waals surface area contributed by atoms with Gasteiger partial charge in [0.05, 0.1) is 17.0 Å². The maximum absolute atomic E-state index is 12.9. The Kier molecular flexibility index (Phi) is 4.44. The molecule has 7 nitrogen and oxygen atoms in total. The van der Waals surface area contributed by atoms with Crippen molar-refractivity contribution < 1.29 is 18.0 Å². The quantitative estimate of drug-likeness (QED) is 0.618. The molecule has 0 amide bonds. The van der Waals surface area contributed by atoms with Crippen LogP contribution in [0, 0.1) is 0 Å². The molecule has 0 radical (unpaired) electrons. The monoisotopic (exact) mass is 430 g/mol. The SMILES string of the molecule is Nc1nc(N2CCN(C(C=O)c3ccc(C(F)(F)F)cc3)C3(CC3)C2)c2cc[nH]c2n1. The summed E-state index contributed by atoms with van der Waals surface area (Å²) in [5.74, 6) is 0.944. The van der Waals surface area contributed by atoms with Gasteiger partial charge in [-0.05, 0) is 36.6 Å². The van der Waals surface area contributed by atoms with E-state index in [9.17, 15) is 18.0 Å². The molecule has 1 atom stereocenters. The molecule has 1 aliphatic carbocycles. The summed E-state index contributed by atoms with van der Waals surface area (Å²) < 4.78 is 38.7. The van der Waals surface area contributed by atoms with Crippen LogP contribution < -0.4 is 10.6 Å². The Balaban J connectivity index is 1.41. The van der Waals surface area contributed by atoms with Gasteiger partial charge in [-0.15, -0.1) is 0 Å². The lowest BCUT2D eigenvalue weighted by atomic mass is 9.99. The Bertz CT molecular complexity index is 1120. The molecule has 1 spiro atoms. The van der Waals surface area contributed by atoms with E-state index >= 15 is 0 Å². The van der Waals surface area contributed by atoms with Gasteiger partial charge in [0.25, 0.3) is 0 Å². The Morgan fingerprint density at radius 1 is 1.13 bits per heavy atom. The second kappa shape index (κ2) is 6.94. The number of aldehydes is 1. The summed E-state index contributed by atoms with van der Waals surface area (Å²) in [6.45, 7) is 1.86. The van der Waals surface area contributed by atoms with Crippen molar-refractivity contribution in [1.82, 2.24) is 19.9 Å². The summed E-state index contributed by atoms with van der Waals surface area (Å²) in [5, 5.41) is 0.883. The molecule has 162 valence electrons. The van der Waals surface area contributed by atoms with Gasteiger partial charge in [-0.25, -0.2) is 0 Å². The minimum atomic E-state index is -4.40. The summed E-state index contributed by atoms with van der Waals surface area (Å²) >= 11 is 0. The minimum absolute atomic E-state index is 0.188. The molecule has 0 bridgehead atoms. The first kappa shape index (κ1) is 19.8. The summed E-state index contributed by atoms with van der Waals surface area (Å²) in [5.41, 5.74) is 6.19. The van der Waals surface area contributed by atoms with Gasteiger partial charge in [-0.1, -0.05) is 12.1 Å². The first-order valence-electron chi connectivity index (χ1n) is 10.1. The van der Waals surface area contributed by atoms with Gasteiger partial charge in [0.2, 0.25) is 5.95 Å². The molecule has 1 aromatic carbocycles. The molecule has 1 unspecified atom stereocenters. The van der Waals surface area contributed by atoms with Crippen molar-refractivity contribution in [2.24, 2.45) is 0 Å². The maximum Gasteiger partial charge on any atom is 0.416 e. The van der Waals surface area contributed by atoms with Gasteiger partial charge in [-0.3, -0.25) is 4.90 Å². The minimum Gasteiger partial charge on any atom is -0.368 e. The van der Waals surface area contributed by atoms with Crippen LogP contribution in [0.5, 0.6) is 0 Å². The van der Waals surface area contributed by atoms with Crippen LogP contribution in [0.3, 0.4) is 0 Å². The average molecular weight is 430 g/mol. The first-order valence-corrected chi connectivity index (χ1v) is 10.1. The number of carbonyl (C=O) groups excluding carboxylic acids is 1. The number of aromatic nitrogens is 3. The van der Waals surface area contributed by atoms with Gasteiger partial charge in [0.1, 0.15) is 17.8 Å². The van der Waals surface area contributed by atoms with E-state index in [0.717, 1.165) is 42.5 Å². The van der Waals surface area contributed by atoms with Crippen LogP contribution in [0.2, 0.25) is 0 Å². The summed E-state index contributed by atoms with van der Waals surface area (Å²) in [7, 11) is 0. The van der Waals surface area contributed by atoms with E-state index in [-0.39, 0.29) is 11.5 Å². The van der Waals surface area contributed by atoms with Crippen LogP contribution in [-0.2, 0) is 11.0 Å². The maximum atomic E-state index is 12.9. The van der Waals surface area contributed by atoms with E-state index in [2.05, 4.69) is 24.8 Å². The molecule has 2 aliphatic rings. The predicted molar refractivity (Wildman–Crippen MR) is 109 cm³/mol. The molecule has 3 aromatic rings. The topological polar surface area (TPSA) is 91.1 Å². The van der Waals surface area contributed by atoms with Crippen LogP contribution in [0.25, 0.3) is 11.0 Å². The predicted octanol–water partition coefficient (Wildman–Crippen LogP) is 3.15. The zero-order valence-corrected chi connectivity index (χ0v) is 16.6. The van der Waals surface area contributed by atoms with Gasteiger partial charge in [0.15, 0.2) is 0 Å². The van der Waals surface area contributed by atoms with Crippen LogP contribution in [0.1, 0.15) is 30.0 Å². The van der Waals surface area contributed by atoms with Crippen molar-refractivity contribution in [2.75, 3.05) is 30.3 Å². The molecule has 31 heavy (non-hydrogen) atoms. The number of alkyl halides is 3. The van der Waals surface area contributed by atoms with Crippen molar-refractivity contribution in [1.29, 1.82) is 0 Å². The number of fused-ring (bicyclic) bond motifs is 1. The van der Waals surface area contributed by atoms with E-state index in [1.54, 1.807) is 6.20 Å². The largest absolute Gasteiger partial charge is 0.416 e. The first-order chi connectivity index (χ1) is 14.8. The number of anilines is 2. The molecule has 2 aromatic heterocycles. The Morgan fingerprint density at radius 3 is 2.52 bits per heavy atom. The van der Waals surface area contributed by atoms with Gasteiger partial charge in [-0.2, -0.15) is 23.1 Å². The summed E-state index contributed by atoms with van der Waals surface area (Å²) in [6, 6.07) is 6.20. The number of hydrogen-bond donors (Lipinski definition) is 2. The zero-order chi connectivity index (χ0) is 21.8. The van der Waals surface area contributed by atoms with E-state index < -0.39 is 17.8 Å². The van der Waals surface area contributed by atoms with E-state index in [1.165, 1.54) is 12.1 Å². The zero-order valence-electron chi connectivity index (χ0n) is 16.6. The number of aromatic amines is 1. The fraction of sp³-hybridized carbons (Fsp3) is 0.381. The highest BCUT2D eigenvalue weighted by Gasteiger charge is 2.54. The highest BCUT2D eigenvalue weighted by Crippen LogP contribution is 2.48. The lowest BCUT2D eigenvalue weighted by Gasteiger charge is -2.45. The van der Waals surface area contributed by atoms with Gasteiger partial charge < -0.3 is 20.4 Å². The number of piperazine rings is 1. The molecular weight excluding hydrogens is 409 g/mol. The van der Waals surface area contributed by atoms with E-state index in [1.807, 2.05) is 6.07 Å². The third kappa shape index (κ3) is 3.40. The molecule has 3 N–H and O–H groups in total. The highest BCUT2D eigenvalue weighted by atomic mass is 19.4.